The topological polar surface area (TPSA) is 38.9 Å². The van der Waals surface area contributed by atoms with Crippen LogP contribution in [0.1, 0.15) is 25.5 Å². The van der Waals surface area contributed by atoms with E-state index >= 15 is 0 Å². The molecule has 4 heteroatoms. The summed E-state index contributed by atoms with van der Waals surface area (Å²) < 4.78 is 0.973. The number of thiazole rings is 1. The second kappa shape index (κ2) is 3.04. The van der Waals surface area contributed by atoms with E-state index in [-0.39, 0.29) is 0 Å². The molecule has 0 radical (unpaired) electrons. The van der Waals surface area contributed by atoms with Gasteiger partial charge in [-0.05, 0) is 33.8 Å². The molecule has 1 aromatic heterocycles. The zero-order valence-electron chi connectivity index (χ0n) is 7.75. The van der Waals surface area contributed by atoms with E-state index in [1.807, 2.05) is 0 Å². The fraction of sp³-hybridized carbons (Fsp3) is 0.667. The molecule has 2 N–H and O–H groups in total. The molecule has 0 spiro atoms. The minimum Gasteiger partial charge on any atom is -0.330 e. The van der Waals surface area contributed by atoms with Gasteiger partial charge in [-0.2, -0.15) is 0 Å². The number of hydrogen-bond acceptors (Lipinski definition) is 3. The van der Waals surface area contributed by atoms with Crippen LogP contribution in [0.5, 0.6) is 0 Å². The van der Waals surface area contributed by atoms with Crippen molar-refractivity contribution in [3.63, 3.8) is 0 Å². The second-order valence-electron chi connectivity index (χ2n) is 4.17. The van der Waals surface area contributed by atoms with Crippen LogP contribution in [-0.4, -0.2) is 11.5 Å². The van der Waals surface area contributed by atoms with Crippen molar-refractivity contribution >= 4 is 27.3 Å². The van der Waals surface area contributed by atoms with Crippen molar-refractivity contribution in [3.8, 4) is 0 Å². The molecule has 2 nitrogen and oxygen atoms in total. The Morgan fingerprint density at radius 3 is 2.77 bits per heavy atom. The van der Waals surface area contributed by atoms with E-state index in [2.05, 4.69) is 40.1 Å². The van der Waals surface area contributed by atoms with Crippen molar-refractivity contribution in [1.82, 2.24) is 4.98 Å². The van der Waals surface area contributed by atoms with Crippen molar-refractivity contribution < 1.29 is 0 Å². The third kappa shape index (κ3) is 1.45. The first-order valence-electron chi connectivity index (χ1n) is 4.38. The van der Waals surface area contributed by atoms with Crippen molar-refractivity contribution in [2.24, 2.45) is 17.1 Å². The van der Waals surface area contributed by atoms with Crippen molar-refractivity contribution in [3.05, 3.63) is 15.0 Å². The fourth-order valence-electron chi connectivity index (χ4n) is 2.18. The number of hydrogen-bond donors (Lipinski definition) is 1. The van der Waals surface area contributed by atoms with Crippen LogP contribution >= 0.6 is 27.3 Å². The zero-order chi connectivity index (χ0) is 9.64. The molecule has 0 unspecified atom stereocenters. The Balaban J connectivity index is 2.21. The van der Waals surface area contributed by atoms with Crippen LogP contribution in [-0.2, 0) is 0 Å². The van der Waals surface area contributed by atoms with E-state index in [1.54, 1.807) is 11.3 Å². The van der Waals surface area contributed by atoms with Crippen LogP contribution < -0.4 is 5.73 Å². The molecule has 2 rings (SSSR count). The minimum atomic E-state index is 0.349. The van der Waals surface area contributed by atoms with E-state index in [1.165, 1.54) is 5.69 Å². The molecule has 2 atom stereocenters. The van der Waals surface area contributed by atoms with Gasteiger partial charge in [0.15, 0.2) is 3.92 Å². The highest BCUT2D eigenvalue weighted by molar-refractivity contribution is 9.11. The molecule has 1 fully saturated rings. The Bertz CT molecular complexity index is 321. The molecule has 13 heavy (non-hydrogen) atoms. The average molecular weight is 261 g/mol. The van der Waals surface area contributed by atoms with Crippen LogP contribution in [0.3, 0.4) is 0 Å². The van der Waals surface area contributed by atoms with Gasteiger partial charge >= 0.3 is 0 Å². The lowest BCUT2D eigenvalue weighted by atomic mass is 10.1. The summed E-state index contributed by atoms with van der Waals surface area (Å²) in [6.45, 7) is 5.30. The van der Waals surface area contributed by atoms with E-state index in [9.17, 15) is 0 Å². The average Bonchev–Trinajstić information content (AvgIpc) is 2.41. The molecule has 1 aliphatic carbocycles. The first-order valence-corrected chi connectivity index (χ1v) is 6.05. The third-order valence-electron chi connectivity index (χ3n) is 3.12. The molecular weight excluding hydrogens is 248 g/mol. The summed E-state index contributed by atoms with van der Waals surface area (Å²) in [6.07, 6.45) is 0. The summed E-state index contributed by atoms with van der Waals surface area (Å²) in [6, 6.07) is 0. The van der Waals surface area contributed by atoms with Gasteiger partial charge in [0.1, 0.15) is 0 Å². The van der Waals surface area contributed by atoms with E-state index in [0.717, 1.165) is 10.5 Å². The lowest BCUT2D eigenvalue weighted by Gasteiger charge is -1.98. The van der Waals surface area contributed by atoms with Crippen molar-refractivity contribution in [2.45, 2.75) is 19.8 Å². The zero-order valence-corrected chi connectivity index (χ0v) is 10.2. The molecule has 1 aliphatic rings. The van der Waals surface area contributed by atoms with Crippen LogP contribution in [0.15, 0.2) is 9.30 Å². The summed E-state index contributed by atoms with van der Waals surface area (Å²) in [5.41, 5.74) is 7.26. The highest BCUT2D eigenvalue weighted by Crippen LogP contribution is 2.63. The Labute approximate surface area is 90.7 Å². The van der Waals surface area contributed by atoms with E-state index in [4.69, 9.17) is 5.73 Å². The molecule has 0 aromatic carbocycles. The second-order valence-corrected chi connectivity index (χ2v) is 6.30. The molecule has 1 saturated carbocycles. The van der Waals surface area contributed by atoms with Gasteiger partial charge in [-0.3, -0.25) is 0 Å². The maximum atomic E-state index is 5.71. The van der Waals surface area contributed by atoms with Gasteiger partial charge in [0.05, 0.1) is 5.69 Å². The monoisotopic (exact) mass is 260 g/mol. The van der Waals surface area contributed by atoms with E-state index in [0.29, 0.717) is 17.3 Å². The Hall–Kier alpha value is 0.0700. The van der Waals surface area contributed by atoms with Crippen LogP contribution in [0, 0.1) is 11.3 Å². The smallest absolute Gasteiger partial charge is 0.159 e. The summed E-state index contributed by atoms with van der Waals surface area (Å²) in [5, 5.41) is 2.13. The van der Waals surface area contributed by atoms with Gasteiger partial charge in [0, 0.05) is 11.3 Å². The molecule has 1 aromatic rings. The molecule has 0 saturated heterocycles. The molecule has 0 aliphatic heterocycles. The van der Waals surface area contributed by atoms with Crippen molar-refractivity contribution in [2.75, 3.05) is 6.54 Å². The van der Waals surface area contributed by atoms with E-state index < -0.39 is 0 Å². The van der Waals surface area contributed by atoms with Gasteiger partial charge in [-0.1, -0.05) is 13.8 Å². The van der Waals surface area contributed by atoms with Gasteiger partial charge in [0.2, 0.25) is 0 Å². The highest BCUT2D eigenvalue weighted by atomic mass is 79.9. The predicted molar refractivity (Wildman–Crippen MR) is 58.9 cm³/mol. The van der Waals surface area contributed by atoms with Gasteiger partial charge in [-0.25, -0.2) is 4.98 Å². The van der Waals surface area contributed by atoms with Gasteiger partial charge in [0.25, 0.3) is 0 Å². The lowest BCUT2D eigenvalue weighted by Crippen LogP contribution is -2.05. The molecule has 0 amide bonds. The third-order valence-corrected chi connectivity index (χ3v) is 4.50. The molecular formula is C9H13BrN2S. The predicted octanol–water partition coefficient (Wildman–Crippen LogP) is 2.60. The number of halogens is 1. The van der Waals surface area contributed by atoms with Crippen LogP contribution in [0.4, 0.5) is 0 Å². The highest BCUT2D eigenvalue weighted by Gasteiger charge is 2.58. The summed E-state index contributed by atoms with van der Waals surface area (Å²) in [4.78, 5) is 4.45. The van der Waals surface area contributed by atoms with Gasteiger partial charge < -0.3 is 5.73 Å². The Morgan fingerprint density at radius 1 is 1.69 bits per heavy atom. The number of rotatable bonds is 2. The number of nitrogens with zero attached hydrogens (tertiary/aromatic N) is 1. The van der Waals surface area contributed by atoms with Crippen LogP contribution in [0.25, 0.3) is 0 Å². The maximum Gasteiger partial charge on any atom is 0.159 e. The first kappa shape index (κ1) is 9.62. The quantitative estimate of drug-likeness (QED) is 0.888. The Morgan fingerprint density at radius 2 is 2.38 bits per heavy atom. The molecule has 72 valence electrons. The summed E-state index contributed by atoms with van der Waals surface area (Å²) >= 11 is 5.03. The lowest BCUT2D eigenvalue weighted by molar-refractivity contribution is 0.557. The Kier molecular flexibility index (Phi) is 2.25. The van der Waals surface area contributed by atoms with Crippen LogP contribution in [0.2, 0.25) is 0 Å². The fourth-order valence-corrected chi connectivity index (χ4v) is 3.24. The first-order chi connectivity index (χ1) is 6.07. The largest absolute Gasteiger partial charge is 0.330 e. The summed E-state index contributed by atoms with van der Waals surface area (Å²) in [5.74, 6) is 1.18. The summed E-state index contributed by atoms with van der Waals surface area (Å²) in [7, 11) is 0. The number of aromatic nitrogens is 1. The minimum absolute atomic E-state index is 0.349. The van der Waals surface area contributed by atoms with Crippen molar-refractivity contribution in [1.29, 1.82) is 0 Å². The SMILES string of the molecule is CC1(C)[C@@H](CN)[C@@H]1c1csc(Br)n1. The number of nitrogens with two attached hydrogens (primary N) is 1. The normalized spacial score (nSPS) is 30.5. The maximum absolute atomic E-state index is 5.71. The molecule has 0 bridgehead atoms. The standard InChI is InChI=1S/C9H13BrN2S/c1-9(2)5(3-11)7(9)6-4-13-8(10)12-6/h4-5,7H,3,11H2,1-2H3/t5-,7+/m0/s1. The molecule has 1 heterocycles. The van der Waals surface area contributed by atoms with Gasteiger partial charge in [-0.15, -0.1) is 11.3 Å².